The summed E-state index contributed by atoms with van der Waals surface area (Å²) in [4.78, 5) is 23.5. The van der Waals surface area contributed by atoms with Gasteiger partial charge in [0.25, 0.3) is 11.8 Å². The van der Waals surface area contributed by atoms with Crippen molar-refractivity contribution in [2.45, 2.75) is 6.42 Å². The number of hydrogen-bond acceptors (Lipinski definition) is 5. The number of para-hydroxylation sites is 1. The van der Waals surface area contributed by atoms with Crippen LogP contribution in [0.4, 0.5) is 5.69 Å². The summed E-state index contributed by atoms with van der Waals surface area (Å²) in [5, 5.41) is 23.8. The molecule has 0 spiro atoms. The Balaban J connectivity index is 1.96. The lowest BCUT2D eigenvalue weighted by Crippen LogP contribution is -2.27. The lowest BCUT2D eigenvalue weighted by molar-refractivity contribution is -0.117. The fourth-order valence-corrected chi connectivity index (χ4v) is 2.20. The number of carbonyl (C=O) groups is 2. The van der Waals surface area contributed by atoms with E-state index in [2.05, 4.69) is 10.6 Å². The van der Waals surface area contributed by atoms with E-state index in [9.17, 15) is 14.7 Å². The molecule has 2 rings (SSSR count). The molecule has 2 aromatic rings. The van der Waals surface area contributed by atoms with Crippen LogP contribution in [-0.2, 0) is 11.2 Å². The van der Waals surface area contributed by atoms with Crippen LogP contribution < -0.4 is 16.4 Å². The standard InChI is InChI=1S/C19H18N4O3/c20-11-14(12-23-17-4-2-1-3-16(17)18(21)25)19(26)22-10-9-13-5-7-15(24)8-6-13/h1-8,12,23-24H,9-10H2,(H2,21,25)(H,22,26)/b14-12-. The Kier molecular flexibility index (Phi) is 6.34. The molecule has 0 atom stereocenters. The van der Waals surface area contributed by atoms with E-state index < -0.39 is 11.8 Å². The summed E-state index contributed by atoms with van der Waals surface area (Å²) >= 11 is 0. The number of hydrogen-bond donors (Lipinski definition) is 4. The Morgan fingerprint density at radius 2 is 1.85 bits per heavy atom. The van der Waals surface area contributed by atoms with Gasteiger partial charge in [0.05, 0.1) is 11.3 Å². The maximum atomic E-state index is 12.1. The third-order valence-electron chi connectivity index (χ3n) is 3.57. The van der Waals surface area contributed by atoms with Gasteiger partial charge in [-0.15, -0.1) is 0 Å². The summed E-state index contributed by atoms with van der Waals surface area (Å²) in [5.74, 6) is -0.969. The molecule has 0 bridgehead atoms. The fourth-order valence-electron chi connectivity index (χ4n) is 2.20. The molecule has 0 aliphatic carbocycles. The second-order valence-electron chi connectivity index (χ2n) is 5.40. The van der Waals surface area contributed by atoms with Crippen LogP contribution in [0.2, 0.25) is 0 Å². The topological polar surface area (TPSA) is 128 Å². The Morgan fingerprint density at radius 3 is 2.50 bits per heavy atom. The Labute approximate surface area is 150 Å². The molecule has 0 saturated heterocycles. The summed E-state index contributed by atoms with van der Waals surface area (Å²) in [7, 11) is 0. The second kappa shape index (κ2) is 8.89. The van der Waals surface area contributed by atoms with Crippen molar-refractivity contribution in [3.63, 3.8) is 0 Å². The minimum atomic E-state index is -0.613. The summed E-state index contributed by atoms with van der Waals surface area (Å²) in [5.41, 5.74) is 6.76. The second-order valence-corrected chi connectivity index (χ2v) is 5.40. The number of rotatable bonds is 7. The first kappa shape index (κ1) is 18.5. The number of nitrogens with one attached hydrogen (secondary N) is 2. The lowest BCUT2D eigenvalue weighted by Gasteiger charge is -2.07. The van der Waals surface area contributed by atoms with E-state index in [1.807, 2.05) is 6.07 Å². The third kappa shape index (κ3) is 5.11. The number of phenols is 1. The minimum absolute atomic E-state index is 0.130. The van der Waals surface area contributed by atoms with Crippen molar-refractivity contribution < 1.29 is 14.7 Å². The average Bonchev–Trinajstić information content (AvgIpc) is 2.64. The number of nitrogens with zero attached hydrogens (tertiary/aromatic N) is 1. The van der Waals surface area contributed by atoms with Gasteiger partial charge in [0.1, 0.15) is 17.4 Å². The van der Waals surface area contributed by atoms with Crippen molar-refractivity contribution in [3.05, 3.63) is 71.4 Å². The van der Waals surface area contributed by atoms with Crippen LogP contribution in [0.15, 0.2) is 60.3 Å². The summed E-state index contributed by atoms with van der Waals surface area (Å²) in [6, 6.07) is 15.0. The zero-order chi connectivity index (χ0) is 18.9. The number of anilines is 1. The molecule has 2 aromatic carbocycles. The van der Waals surface area contributed by atoms with Crippen molar-refractivity contribution in [2.75, 3.05) is 11.9 Å². The molecular formula is C19H18N4O3. The summed E-state index contributed by atoms with van der Waals surface area (Å²) in [6.45, 7) is 0.334. The van der Waals surface area contributed by atoms with Gasteiger partial charge in [-0.1, -0.05) is 24.3 Å². The van der Waals surface area contributed by atoms with Crippen molar-refractivity contribution in [1.29, 1.82) is 5.26 Å². The lowest BCUT2D eigenvalue weighted by atomic mass is 10.1. The van der Waals surface area contributed by atoms with Gasteiger partial charge >= 0.3 is 0 Å². The number of carbonyl (C=O) groups excluding carboxylic acids is 2. The molecule has 0 heterocycles. The fraction of sp³-hybridized carbons (Fsp3) is 0.105. The maximum absolute atomic E-state index is 12.1. The highest BCUT2D eigenvalue weighted by Crippen LogP contribution is 2.14. The Morgan fingerprint density at radius 1 is 1.15 bits per heavy atom. The molecule has 26 heavy (non-hydrogen) atoms. The van der Waals surface area contributed by atoms with E-state index in [1.54, 1.807) is 48.5 Å². The largest absolute Gasteiger partial charge is 0.508 e. The van der Waals surface area contributed by atoms with Gasteiger partial charge in [0, 0.05) is 12.7 Å². The molecule has 7 heteroatoms. The van der Waals surface area contributed by atoms with Gasteiger partial charge in [0.15, 0.2) is 0 Å². The van der Waals surface area contributed by atoms with E-state index in [4.69, 9.17) is 11.0 Å². The van der Waals surface area contributed by atoms with Gasteiger partial charge < -0.3 is 21.5 Å². The highest BCUT2D eigenvalue weighted by molar-refractivity contribution is 6.00. The molecule has 0 unspecified atom stereocenters. The van der Waals surface area contributed by atoms with Gasteiger partial charge in [-0.3, -0.25) is 9.59 Å². The first-order valence-electron chi connectivity index (χ1n) is 7.83. The third-order valence-corrected chi connectivity index (χ3v) is 3.57. The number of nitriles is 1. The van der Waals surface area contributed by atoms with Gasteiger partial charge in [0.2, 0.25) is 0 Å². The molecule has 7 nitrogen and oxygen atoms in total. The molecule has 2 amide bonds. The SMILES string of the molecule is N#C/C(=C/Nc1ccccc1C(N)=O)C(=O)NCCc1ccc(O)cc1. The first-order valence-corrected chi connectivity index (χ1v) is 7.83. The van der Waals surface area contributed by atoms with E-state index in [1.165, 1.54) is 6.20 Å². The van der Waals surface area contributed by atoms with Crippen LogP contribution in [0.25, 0.3) is 0 Å². The molecule has 0 aromatic heterocycles. The summed E-state index contributed by atoms with van der Waals surface area (Å²) in [6.07, 6.45) is 1.79. The summed E-state index contributed by atoms with van der Waals surface area (Å²) < 4.78 is 0. The molecular weight excluding hydrogens is 332 g/mol. The number of aromatic hydroxyl groups is 1. The van der Waals surface area contributed by atoms with Crippen molar-refractivity contribution >= 4 is 17.5 Å². The van der Waals surface area contributed by atoms with Crippen molar-refractivity contribution in [1.82, 2.24) is 5.32 Å². The zero-order valence-corrected chi connectivity index (χ0v) is 13.9. The number of nitrogens with two attached hydrogens (primary N) is 1. The molecule has 5 N–H and O–H groups in total. The number of phenolic OH excluding ortho intramolecular Hbond substituents is 1. The Hall–Kier alpha value is -3.79. The zero-order valence-electron chi connectivity index (χ0n) is 13.9. The van der Waals surface area contributed by atoms with Crippen LogP contribution in [0.3, 0.4) is 0 Å². The van der Waals surface area contributed by atoms with Gasteiger partial charge in [-0.2, -0.15) is 5.26 Å². The van der Waals surface area contributed by atoms with Crippen LogP contribution in [0.1, 0.15) is 15.9 Å². The maximum Gasteiger partial charge on any atom is 0.263 e. The van der Waals surface area contributed by atoms with E-state index in [0.717, 1.165) is 5.56 Å². The Bertz CT molecular complexity index is 867. The molecule has 0 saturated carbocycles. The highest BCUT2D eigenvalue weighted by atomic mass is 16.3. The van der Waals surface area contributed by atoms with Crippen LogP contribution in [0.5, 0.6) is 5.75 Å². The number of benzene rings is 2. The number of primary amides is 1. The van der Waals surface area contributed by atoms with Crippen LogP contribution >= 0.6 is 0 Å². The van der Waals surface area contributed by atoms with E-state index in [0.29, 0.717) is 18.7 Å². The van der Waals surface area contributed by atoms with Crippen molar-refractivity contribution in [2.24, 2.45) is 5.73 Å². The predicted molar refractivity (Wildman–Crippen MR) is 97.1 cm³/mol. The molecule has 0 aliphatic rings. The van der Waals surface area contributed by atoms with Crippen LogP contribution in [-0.4, -0.2) is 23.5 Å². The number of amides is 2. The van der Waals surface area contributed by atoms with E-state index in [-0.39, 0.29) is 16.9 Å². The average molecular weight is 350 g/mol. The smallest absolute Gasteiger partial charge is 0.263 e. The highest BCUT2D eigenvalue weighted by Gasteiger charge is 2.10. The monoisotopic (exact) mass is 350 g/mol. The first-order chi connectivity index (χ1) is 12.5. The van der Waals surface area contributed by atoms with Crippen LogP contribution in [0, 0.1) is 11.3 Å². The molecule has 0 fully saturated rings. The minimum Gasteiger partial charge on any atom is -0.508 e. The molecule has 132 valence electrons. The predicted octanol–water partition coefficient (Wildman–Crippen LogP) is 1.67. The molecule has 0 aliphatic heterocycles. The normalized spacial score (nSPS) is 10.7. The van der Waals surface area contributed by atoms with Crippen molar-refractivity contribution in [3.8, 4) is 11.8 Å². The van der Waals surface area contributed by atoms with Gasteiger partial charge in [-0.05, 0) is 36.2 Å². The quantitative estimate of drug-likeness (QED) is 0.446. The van der Waals surface area contributed by atoms with E-state index >= 15 is 0 Å². The van der Waals surface area contributed by atoms with Gasteiger partial charge in [-0.25, -0.2) is 0 Å². The molecule has 0 radical (unpaired) electrons.